The van der Waals surface area contributed by atoms with Crippen LogP contribution in [0.25, 0.3) is 0 Å². The molecule has 0 unspecified atom stereocenters. The van der Waals surface area contributed by atoms with Crippen LogP contribution in [0.4, 0.5) is 13.2 Å². The number of ketones is 2. The van der Waals surface area contributed by atoms with Crippen molar-refractivity contribution in [2.75, 3.05) is 0 Å². The number of Topliss-reactive ketones (excluding diaryl/α,β-unsaturated/α-hetero) is 2. The van der Waals surface area contributed by atoms with Gasteiger partial charge in [-0.3, -0.25) is 9.59 Å². The molecular weight excluding hydrogens is 173 g/mol. The summed E-state index contributed by atoms with van der Waals surface area (Å²) in [6.45, 7) is 1.73. The zero-order chi connectivity index (χ0) is 9.78. The van der Waals surface area contributed by atoms with Crippen LogP contribution < -0.4 is 0 Å². The van der Waals surface area contributed by atoms with Crippen molar-refractivity contribution in [2.45, 2.75) is 32.4 Å². The van der Waals surface area contributed by atoms with Gasteiger partial charge in [0.25, 0.3) is 0 Å². The van der Waals surface area contributed by atoms with Crippen molar-refractivity contribution in [2.24, 2.45) is 0 Å². The third kappa shape index (κ3) is 3.50. The summed E-state index contributed by atoms with van der Waals surface area (Å²) in [5, 5.41) is 0. The van der Waals surface area contributed by atoms with Gasteiger partial charge in [0.15, 0.2) is 0 Å². The molecule has 0 spiro atoms. The smallest absolute Gasteiger partial charge is 0.291 e. The van der Waals surface area contributed by atoms with Crippen molar-refractivity contribution >= 4 is 11.6 Å². The molecule has 0 aromatic rings. The molecule has 2 nitrogen and oxygen atoms in total. The molecule has 0 saturated carbocycles. The Bertz CT molecular complexity index is 184. The summed E-state index contributed by atoms with van der Waals surface area (Å²) < 4.78 is 34.7. The van der Waals surface area contributed by atoms with E-state index in [0.29, 0.717) is 12.8 Å². The Balaban J connectivity index is 4.04. The molecule has 0 atom stereocenters. The SMILES string of the molecule is CCCCC(=O)C(=O)C(F)(F)F. The summed E-state index contributed by atoms with van der Waals surface area (Å²) in [7, 11) is 0. The summed E-state index contributed by atoms with van der Waals surface area (Å²) in [4.78, 5) is 20.7. The maximum Gasteiger partial charge on any atom is 0.458 e. The van der Waals surface area contributed by atoms with Gasteiger partial charge in [-0.2, -0.15) is 13.2 Å². The summed E-state index contributed by atoms with van der Waals surface area (Å²) in [5.74, 6) is -3.58. The van der Waals surface area contributed by atoms with Gasteiger partial charge >= 0.3 is 12.0 Å². The second-order valence-corrected chi connectivity index (χ2v) is 2.35. The minimum Gasteiger partial charge on any atom is -0.291 e. The van der Waals surface area contributed by atoms with Crippen LogP contribution in [-0.2, 0) is 9.59 Å². The molecular formula is C7H9F3O2. The summed E-state index contributed by atoms with van der Waals surface area (Å²) >= 11 is 0. The third-order valence-electron chi connectivity index (χ3n) is 1.27. The van der Waals surface area contributed by atoms with E-state index in [2.05, 4.69) is 0 Å². The number of halogens is 3. The van der Waals surface area contributed by atoms with Crippen molar-refractivity contribution < 1.29 is 22.8 Å². The lowest BCUT2D eigenvalue weighted by molar-refractivity contribution is -0.174. The van der Waals surface area contributed by atoms with E-state index < -0.39 is 17.7 Å². The van der Waals surface area contributed by atoms with Crippen LogP contribution in [0.1, 0.15) is 26.2 Å². The zero-order valence-corrected chi connectivity index (χ0v) is 6.57. The van der Waals surface area contributed by atoms with Gasteiger partial charge in [0.2, 0.25) is 5.78 Å². The van der Waals surface area contributed by atoms with E-state index in [4.69, 9.17) is 0 Å². The maximum atomic E-state index is 11.6. The molecule has 0 aliphatic rings. The minimum atomic E-state index is -5.01. The first kappa shape index (κ1) is 11.1. The van der Waals surface area contributed by atoms with Gasteiger partial charge in [0, 0.05) is 6.42 Å². The fraction of sp³-hybridized carbons (Fsp3) is 0.714. The third-order valence-corrected chi connectivity index (χ3v) is 1.27. The van der Waals surface area contributed by atoms with E-state index in [1.165, 1.54) is 0 Å². The molecule has 0 heterocycles. The van der Waals surface area contributed by atoms with E-state index in [-0.39, 0.29) is 6.42 Å². The minimum absolute atomic E-state index is 0.311. The molecule has 70 valence electrons. The largest absolute Gasteiger partial charge is 0.458 e. The second kappa shape index (κ2) is 4.23. The predicted octanol–water partition coefficient (Wildman–Crippen LogP) is 1.88. The summed E-state index contributed by atoms with van der Waals surface area (Å²) in [5.41, 5.74) is 0. The van der Waals surface area contributed by atoms with Crippen LogP contribution in [0.3, 0.4) is 0 Å². The topological polar surface area (TPSA) is 34.1 Å². The number of unbranched alkanes of at least 4 members (excludes halogenated alkanes) is 1. The average molecular weight is 182 g/mol. The molecule has 5 heteroatoms. The molecule has 0 fully saturated rings. The van der Waals surface area contributed by atoms with Crippen molar-refractivity contribution in [3.05, 3.63) is 0 Å². The molecule has 0 aliphatic carbocycles. The number of alkyl halides is 3. The highest BCUT2D eigenvalue weighted by atomic mass is 19.4. The average Bonchev–Trinajstić information content (AvgIpc) is 1.97. The van der Waals surface area contributed by atoms with Crippen molar-refractivity contribution in [1.82, 2.24) is 0 Å². The van der Waals surface area contributed by atoms with E-state index >= 15 is 0 Å². The highest BCUT2D eigenvalue weighted by Gasteiger charge is 2.42. The first-order chi connectivity index (χ1) is 5.39. The molecule has 0 aromatic heterocycles. The van der Waals surface area contributed by atoms with Crippen LogP contribution in [0.5, 0.6) is 0 Å². The Kier molecular flexibility index (Phi) is 3.92. The first-order valence-corrected chi connectivity index (χ1v) is 3.54. The van der Waals surface area contributed by atoms with Crippen LogP contribution in [-0.4, -0.2) is 17.7 Å². The lowest BCUT2D eigenvalue weighted by Gasteiger charge is -2.02. The Labute approximate surface area is 67.7 Å². The number of carbonyl (C=O) groups is 2. The van der Waals surface area contributed by atoms with Gasteiger partial charge < -0.3 is 0 Å². The molecule has 0 N–H and O–H groups in total. The Morgan fingerprint density at radius 1 is 1.25 bits per heavy atom. The van der Waals surface area contributed by atoms with Crippen LogP contribution in [0.2, 0.25) is 0 Å². The Morgan fingerprint density at radius 3 is 2.08 bits per heavy atom. The molecule has 0 amide bonds. The van der Waals surface area contributed by atoms with Gasteiger partial charge in [0.05, 0.1) is 0 Å². The first-order valence-electron chi connectivity index (χ1n) is 3.54. The molecule has 0 aromatic carbocycles. The fourth-order valence-electron chi connectivity index (χ4n) is 0.609. The molecule has 0 saturated heterocycles. The fourth-order valence-corrected chi connectivity index (χ4v) is 0.609. The van der Waals surface area contributed by atoms with Crippen LogP contribution in [0.15, 0.2) is 0 Å². The van der Waals surface area contributed by atoms with Gasteiger partial charge in [-0.05, 0) is 6.42 Å². The summed E-state index contributed by atoms with van der Waals surface area (Å²) in [6.07, 6.45) is -4.41. The Hall–Kier alpha value is -0.870. The van der Waals surface area contributed by atoms with Gasteiger partial charge in [0.1, 0.15) is 0 Å². The molecule has 0 aliphatic heterocycles. The number of carbonyl (C=O) groups excluding carboxylic acids is 2. The van der Waals surface area contributed by atoms with E-state index in [1.807, 2.05) is 0 Å². The molecule has 0 bridgehead atoms. The van der Waals surface area contributed by atoms with E-state index in [1.54, 1.807) is 6.92 Å². The number of hydrogen-bond donors (Lipinski definition) is 0. The van der Waals surface area contributed by atoms with Gasteiger partial charge in [-0.15, -0.1) is 0 Å². The molecule has 0 radical (unpaired) electrons. The van der Waals surface area contributed by atoms with Gasteiger partial charge in [-0.1, -0.05) is 13.3 Å². The number of rotatable bonds is 4. The van der Waals surface area contributed by atoms with E-state index in [0.717, 1.165) is 0 Å². The normalized spacial score (nSPS) is 11.3. The highest BCUT2D eigenvalue weighted by molar-refractivity contribution is 6.39. The maximum absolute atomic E-state index is 11.6. The molecule has 0 rings (SSSR count). The lowest BCUT2D eigenvalue weighted by atomic mass is 10.1. The summed E-state index contributed by atoms with van der Waals surface area (Å²) in [6, 6.07) is 0. The predicted molar refractivity (Wildman–Crippen MR) is 35.6 cm³/mol. The van der Waals surface area contributed by atoms with Crippen molar-refractivity contribution in [3.63, 3.8) is 0 Å². The Morgan fingerprint density at radius 2 is 1.75 bits per heavy atom. The number of hydrogen-bond acceptors (Lipinski definition) is 2. The van der Waals surface area contributed by atoms with Gasteiger partial charge in [-0.25, -0.2) is 0 Å². The second-order valence-electron chi connectivity index (χ2n) is 2.35. The lowest BCUT2D eigenvalue weighted by Crippen LogP contribution is -2.30. The van der Waals surface area contributed by atoms with Crippen LogP contribution in [0, 0.1) is 0 Å². The monoisotopic (exact) mass is 182 g/mol. The van der Waals surface area contributed by atoms with Crippen molar-refractivity contribution in [1.29, 1.82) is 0 Å². The van der Waals surface area contributed by atoms with E-state index in [9.17, 15) is 22.8 Å². The van der Waals surface area contributed by atoms with Crippen LogP contribution >= 0.6 is 0 Å². The zero-order valence-electron chi connectivity index (χ0n) is 6.57. The van der Waals surface area contributed by atoms with Crippen molar-refractivity contribution in [3.8, 4) is 0 Å². The standard InChI is InChI=1S/C7H9F3O2/c1-2-3-4-5(11)6(12)7(8,9)10/h2-4H2,1H3. The quantitative estimate of drug-likeness (QED) is 0.622. The molecule has 12 heavy (non-hydrogen) atoms. The highest BCUT2D eigenvalue weighted by Crippen LogP contribution is 2.17.